The summed E-state index contributed by atoms with van der Waals surface area (Å²) in [6.45, 7) is 0. The highest BCUT2D eigenvalue weighted by Gasteiger charge is 2.15. The minimum Gasteiger partial charge on any atom is -0.477 e. The minimum absolute atomic E-state index is 0.171. The van der Waals surface area contributed by atoms with Crippen LogP contribution in [0.1, 0.15) is 16.1 Å². The summed E-state index contributed by atoms with van der Waals surface area (Å²) in [6.07, 6.45) is 3.26. The van der Waals surface area contributed by atoms with E-state index in [1.54, 1.807) is 35.8 Å². The van der Waals surface area contributed by atoms with Gasteiger partial charge in [0.2, 0.25) is 5.78 Å². The molecule has 0 bridgehead atoms. The van der Waals surface area contributed by atoms with Crippen molar-refractivity contribution < 1.29 is 9.90 Å². The van der Waals surface area contributed by atoms with Gasteiger partial charge in [0.1, 0.15) is 5.69 Å². The molecule has 0 fully saturated rings. The van der Waals surface area contributed by atoms with Crippen LogP contribution in [0.2, 0.25) is 0 Å². The maximum atomic E-state index is 11.0. The van der Waals surface area contributed by atoms with Gasteiger partial charge in [-0.1, -0.05) is 12.1 Å². The predicted octanol–water partition coefficient (Wildman–Crippen LogP) is 1.91. The number of hydrogen-bond acceptors (Lipinski definition) is 3. The van der Waals surface area contributed by atoms with E-state index in [2.05, 4.69) is 11.1 Å². The molecule has 0 unspecified atom stereocenters. The van der Waals surface area contributed by atoms with Gasteiger partial charge in [-0.05, 0) is 12.1 Å². The standard InChI is InChI=1S/C14H10N4O2/c1-17-12(13(19)20)8-18-7-11(16-14(17)18)10-4-2-3-9(5-10)6-15/h2-5,7-8H,1H3,(H,19,20). The highest BCUT2D eigenvalue weighted by molar-refractivity contribution is 5.86. The number of fused-ring (bicyclic) bond motifs is 1. The van der Waals surface area contributed by atoms with Gasteiger partial charge in [-0.15, -0.1) is 0 Å². The molecule has 20 heavy (non-hydrogen) atoms. The smallest absolute Gasteiger partial charge is 0.354 e. The second-order valence-electron chi connectivity index (χ2n) is 4.40. The van der Waals surface area contributed by atoms with E-state index in [9.17, 15) is 4.79 Å². The number of hydrogen-bond donors (Lipinski definition) is 1. The Balaban J connectivity index is 2.14. The number of carbonyl (C=O) groups is 1. The van der Waals surface area contributed by atoms with Crippen LogP contribution in [-0.2, 0) is 7.05 Å². The summed E-state index contributed by atoms with van der Waals surface area (Å²) in [4.78, 5) is 15.4. The van der Waals surface area contributed by atoms with Gasteiger partial charge in [0.25, 0.3) is 0 Å². The monoisotopic (exact) mass is 266 g/mol. The molecule has 98 valence electrons. The number of nitrogens with zero attached hydrogens (tertiary/aromatic N) is 4. The van der Waals surface area contributed by atoms with Gasteiger partial charge in [0, 0.05) is 25.0 Å². The quantitative estimate of drug-likeness (QED) is 0.768. The van der Waals surface area contributed by atoms with Crippen molar-refractivity contribution in [1.29, 1.82) is 5.26 Å². The number of benzene rings is 1. The third kappa shape index (κ3) is 1.73. The van der Waals surface area contributed by atoms with Crippen molar-refractivity contribution in [2.75, 3.05) is 0 Å². The number of aromatic carboxylic acids is 1. The fourth-order valence-corrected chi connectivity index (χ4v) is 2.14. The molecule has 3 rings (SSSR count). The van der Waals surface area contributed by atoms with Gasteiger partial charge in [0.05, 0.1) is 17.3 Å². The lowest BCUT2D eigenvalue weighted by Gasteiger charge is -1.97. The second kappa shape index (κ2) is 4.24. The first kappa shape index (κ1) is 12.0. The van der Waals surface area contributed by atoms with Crippen LogP contribution < -0.4 is 0 Å². The summed E-state index contributed by atoms with van der Waals surface area (Å²) in [5.74, 6) is -0.453. The van der Waals surface area contributed by atoms with Gasteiger partial charge in [-0.3, -0.25) is 4.40 Å². The average molecular weight is 266 g/mol. The molecular formula is C14H10N4O2. The molecule has 6 nitrogen and oxygen atoms in total. The van der Waals surface area contributed by atoms with Crippen molar-refractivity contribution >= 4 is 11.7 Å². The molecular weight excluding hydrogens is 256 g/mol. The van der Waals surface area contributed by atoms with Crippen LogP contribution >= 0.6 is 0 Å². The molecule has 1 aromatic carbocycles. The molecule has 0 spiro atoms. The molecule has 0 saturated heterocycles. The molecule has 1 N–H and O–H groups in total. The van der Waals surface area contributed by atoms with Gasteiger partial charge in [0.15, 0.2) is 0 Å². The van der Waals surface area contributed by atoms with E-state index in [-0.39, 0.29) is 5.69 Å². The Bertz CT molecular complexity index is 867. The summed E-state index contributed by atoms with van der Waals surface area (Å²) in [7, 11) is 1.65. The summed E-state index contributed by atoms with van der Waals surface area (Å²) >= 11 is 0. The van der Waals surface area contributed by atoms with Crippen LogP contribution in [0.4, 0.5) is 0 Å². The Morgan fingerprint density at radius 1 is 1.40 bits per heavy atom. The molecule has 6 heteroatoms. The minimum atomic E-state index is -0.994. The number of carboxylic acid groups (broad SMARTS) is 1. The summed E-state index contributed by atoms with van der Waals surface area (Å²) in [5, 5.41) is 17.9. The third-order valence-corrected chi connectivity index (χ3v) is 3.14. The zero-order valence-corrected chi connectivity index (χ0v) is 10.6. The molecule has 2 heterocycles. The van der Waals surface area contributed by atoms with Crippen molar-refractivity contribution in [3.8, 4) is 17.3 Å². The summed E-state index contributed by atoms with van der Waals surface area (Å²) in [6, 6.07) is 9.21. The maximum absolute atomic E-state index is 11.0. The van der Waals surface area contributed by atoms with Crippen molar-refractivity contribution in [2.45, 2.75) is 0 Å². The molecule has 3 aromatic rings. The van der Waals surface area contributed by atoms with Gasteiger partial charge in [-0.25, -0.2) is 9.78 Å². The molecule has 0 saturated carbocycles. The largest absolute Gasteiger partial charge is 0.477 e. The van der Waals surface area contributed by atoms with Crippen molar-refractivity contribution in [2.24, 2.45) is 7.05 Å². The van der Waals surface area contributed by atoms with Gasteiger partial charge >= 0.3 is 5.97 Å². The Morgan fingerprint density at radius 2 is 2.20 bits per heavy atom. The molecule has 0 aliphatic carbocycles. The second-order valence-corrected chi connectivity index (χ2v) is 4.40. The lowest BCUT2D eigenvalue weighted by Crippen LogP contribution is -2.04. The first-order chi connectivity index (χ1) is 9.60. The first-order valence-electron chi connectivity index (χ1n) is 5.88. The number of nitriles is 1. The molecule has 2 aromatic heterocycles. The van der Waals surface area contributed by atoms with E-state index in [4.69, 9.17) is 10.4 Å². The normalized spacial score (nSPS) is 10.6. The highest BCUT2D eigenvalue weighted by atomic mass is 16.4. The summed E-state index contributed by atoms with van der Waals surface area (Å²) < 4.78 is 3.18. The van der Waals surface area contributed by atoms with Crippen molar-refractivity contribution in [1.82, 2.24) is 14.0 Å². The van der Waals surface area contributed by atoms with Crippen LogP contribution in [0.3, 0.4) is 0 Å². The van der Waals surface area contributed by atoms with Crippen LogP contribution in [0.25, 0.3) is 17.0 Å². The van der Waals surface area contributed by atoms with E-state index in [0.29, 0.717) is 17.0 Å². The predicted molar refractivity (Wildman–Crippen MR) is 71.3 cm³/mol. The Morgan fingerprint density at radius 3 is 2.85 bits per heavy atom. The first-order valence-corrected chi connectivity index (χ1v) is 5.88. The van der Waals surface area contributed by atoms with E-state index in [1.165, 1.54) is 10.8 Å². The van der Waals surface area contributed by atoms with Crippen molar-refractivity contribution in [3.05, 3.63) is 47.9 Å². The van der Waals surface area contributed by atoms with E-state index in [0.717, 1.165) is 5.56 Å². The zero-order chi connectivity index (χ0) is 14.3. The molecule has 0 aliphatic rings. The average Bonchev–Trinajstić information content (AvgIpc) is 2.99. The van der Waals surface area contributed by atoms with E-state index >= 15 is 0 Å². The Hall–Kier alpha value is -3.07. The number of rotatable bonds is 2. The number of aromatic nitrogens is 3. The highest BCUT2D eigenvalue weighted by Crippen LogP contribution is 2.21. The third-order valence-electron chi connectivity index (χ3n) is 3.14. The van der Waals surface area contributed by atoms with Crippen LogP contribution in [0.15, 0.2) is 36.7 Å². The number of aryl methyl sites for hydroxylation is 1. The van der Waals surface area contributed by atoms with Crippen LogP contribution in [-0.4, -0.2) is 25.0 Å². The fourth-order valence-electron chi connectivity index (χ4n) is 2.14. The molecule has 0 aliphatic heterocycles. The SMILES string of the molecule is Cn1c(C(=O)O)cn2cc(-c3cccc(C#N)c3)nc12. The fraction of sp³-hybridized carbons (Fsp3) is 0.0714. The van der Waals surface area contributed by atoms with E-state index in [1.807, 2.05) is 6.07 Å². The molecule has 0 radical (unpaired) electrons. The lowest BCUT2D eigenvalue weighted by atomic mass is 10.1. The maximum Gasteiger partial charge on any atom is 0.354 e. The zero-order valence-electron chi connectivity index (χ0n) is 10.6. The number of carboxylic acids is 1. The molecule has 0 amide bonds. The van der Waals surface area contributed by atoms with Crippen LogP contribution in [0, 0.1) is 11.3 Å². The van der Waals surface area contributed by atoms with Crippen molar-refractivity contribution in [3.63, 3.8) is 0 Å². The Kier molecular flexibility index (Phi) is 2.54. The number of imidazole rings is 2. The topological polar surface area (TPSA) is 83.3 Å². The summed E-state index contributed by atoms with van der Waals surface area (Å²) in [5.41, 5.74) is 2.25. The Labute approximate surface area is 114 Å². The lowest BCUT2D eigenvalue weighted by molar-refractivity contribution is 0.0686. The van der Waals surface area contributed by atoms with Crippen LogP contribution in [0.5, 0.6) is 0 Å². The molecule has 0 atom stereocenters. The van der Waals surface area contributed by atoms with Gasteiger partial charge < -0.3 is 9.67 Å². The van der Waals surface area contributed by atoms with E-state index < -0.39 is 5.97 Å². The van der Waals surface area contributed by atoms with Gasteiger partial charge in [-0.2, -0.15) is 5.26 Å².